The Hall–Kier alpha value is -0.650. The Morgan fingerprint density at radius 2 is 2.00 bits per heavy atom. The molecule has 5 atom stereocenters. The first-order valence-corrected chi connectivity index (χ1v) is 8.48. The molecule has 0 aromatic rings. The summed E-state index contributed by atoms with van der Waals surface area (Å²) in [4.78, 5) is 10.9. The molecule has 1 saturated heterocycles. The highest BCUT2D eigenvalue weighted by Gasteiger charge is 2.32. The van der Waals surface area contributed by atoms with Crippen LogP contribution in [0.25, 0.3) is 0 Å². The van der Waals surface area contributed by atoms with Crippen LogP contribution in [0.4, 0.5) is 0 Å². The molecule has 130 valence electrons. The predicted octanol–water partition coefficient (Wildman–Crippen LogP) is 3.04. The fourth-order valence-electron chi connectivity index (χ4n) is 2.88. The van der Waals surface area contributed by atoms with Crippen LogP contribution in [-0.4, -0.2) is 41.8 Å². The van der Waals surface area contributed by atoms with Gasteiger partial charge >= 0.3 is 5.97 Å². The molecule has 1 aliphatic rings. The van der Waals surface area contributed by atoms with Crippen LogP contribution in [0.1, 0.15) is 66.7 Å². The lowest BCUT2D eigenvalue weighted by Gasteiger charge is -2.38. The van der Waals surface area contributed by atoms with Crippen LogP contribution in [-0.2, 0) is 19.0 Å². The van der Waals surface area contributed by atoms with E-state index in [1.165, 1.54) is 6.92 Å². The molecule has 0 aromatic carbocycles. The van der Waals surface area contributed by atoms with Gasteiger partial charge in [0, 0.05) is 19.8 Å². The van der Waals surface area contributed by atoms with E-state index in [-0.39, 0.29) is 30.6 Å². The van der Waals surface area contributed by atoms with Gasteiger partial charge in [-0.3, -0.25) is 4.79 Å². The van der Waals surface area contributed by atoms with Crippen LogP contribution in [0.5, 0.6) is 0 Å². The van der Waals surface area contributed by atoms with Gasteiger partial charge in [-0.2, -0.15) is 0 Å². The van der Waals surface area contributed by atoms with E-state index in [4.69, 9.17) is 14.2 Å². The number of hydrogen-bond acceptors (Lipinski definition) is 5. The number of carbonyl (C=O) groups is 1. The molecule has 22 heavy (non-hydrogen) atoms. The number of hydrogen-bond donors (Lipinski definition) is 1. The maximum absolute atomic E-state index is 10.9. The topological polar surface area (TPSA) is 65.0 Å². The van der Waals surface area contributed by atoms with E-state index in [2.05, 4.69) is 20.8 Å². The quantitative estimate of drug-likeness (QED) is 0.697. The normalized spacial score (nSPS) is 28.4. The van der Waals surface area contributed by atoms with E-state index in [9.17, 15) is 9.90 Å². The number of ether oxygens (including phenoxy) is 3. The third kappa shape index (κ3) is 7.07. The first-order chi connectivity index (χ1) is 10.3. The minimum absolute atomic E-state index is 0.00257. The van der Waals surface area contributed by atoms with E-state index >= 15 is 0 Å². The summed E-state index contributed by atoms with van der Waals surface area (Å²) in [6.07, 6.45) is 2.86. The summed E-state index contributed by atoms with van der Waals surface area (Å²) in [6, 6.07) is 0. The summed E-state index contributed by atoms with van der Waals surface area (Å²) >= 11 is 0. The number of esters is 1. The highest BCUT2D eigenvalue weighted by atomic mass is 16.7. The van der Waals surface area contributed by atoms with Crippen LogP contribution in [0, 0.1) is 5.92 Å². The summed E-state index contributed by atoms with van der Waals surface area (Å²) in [5.74, 6) is 0.118. The average molecular weight is 316 g/mol. The van der Waals surface area contributed by atoms with Gasteiger partial charge < -0.3 is 19.3 Å². The second-order valence-corrected chi connectivity index (χ2v) is 6.68. The van der Waals surface area contributed by atoms with Crippen molar-refractivity contribution in [2.75, 3.05) is 0 Å². The van der Waals surface area contributed by atoms with Gasteiger partial charge in [-0.1, -0.05) is 27.2 Å². The lowest BCUT2D eigenvalue weighted by atomic mass is 9.95. The molecule has 5 nitrogen and oxygen atoms in total. The first-order valence-electron chi connectivity index (χ1n) is 8.48. The summed E-state index contributed by atoms with van der Waals surface area (Å²) in [5, 5.41) is 10.2. The molecule has 0 spiro atoms. The zero-order valence-corrected chi connectivity index (χ0v) is 14.6. The number of carbonyl (C=O) groups excluding carboxylic acids is 1. The molecule has 5 unspecified atom stereocenters. The minimum atomic E-state index is -0.535. The fourth-order valence-corrected chi connectivity index (χ4v) is 2.88. The van der Waals surface area contributed by atoms with Gasteiger partial charge in [0.1, 0.15) is 6.10 Å². The molecule has 1 heterocycles. The van der Waals surface area contributed by atoms with Crippen LogP contribution in [0.2, 0.25) is 0 Å². The molecular weight excluding hydrogens is 284 g/mol. The minimum Gasteiger partial charge on any atom is -0.463 e. The van der Waals surface area contributed by atoms with Gasteiger partial charge in [0.15, 0.2) is 6.29 Å². The molecule has 1 aliphatic heterocycles. The monoisotopic (exact) mass is 316 g/mol. The first kappa shape index (κ1) is 19.4. The van der Waals surface area contributed by atoms with Crippen molar-refractivity contribution in [1.29, 1.82) is 0 Å². The van der Waals surface area contributed by atoms with E-state index < -0.39 is 6.10 Å². The highest BCUT2D eigenvalue weighted by molar-refractivity contribution is 5.66. The third-order valence-corrected chi connectivity index (χ3v) is 3.94. The Morgan fingerprint density at radius 1 is 1.32 bits per heavy atom. The maximum Gasteiger partial charge on any atom is 0.302 e. The van der Waals surface area contributed by atoms with Gasteiger partial charge in [-0.25, -0.2) is 0 Å². The second kappa shape index (κ2) is 9.48. The molecule has 0 amide bonds. The zero-order chi connectivity index (χ0) is 16.7. The van der Waals surface area contributed by atoms with Crippen molar-refractivity contribution in [3.05, 3.63) is 0 Å². The molecular formula is C17H32O5. The fraction of sp³-hybridized carbons (Fsp3) is 0.941. The van der Waals surface area contributed by atoms with Gasteiger partial charge in [0.05, 0.1) is 18.3 Å². The SMILES string of the molecule is CCCC1OC(CC(O)CC(C)OC(C)=O)CC(C(C)C)O1. The van der Waals surface area contributed by atoms with E-state index in [0.29, 0.717) is 18.8 Å². The number of aliphatic hydroxyl groups is 1. The molecule has 0 saturated carbocycles. The standard InChI is InChI=1S/C17H32O5/c1-6-7-17-21-15(10-16(22-17)11(2)3)9-14(19)8-12(4)20-13(5)18/h11-12,14-17,19H,6-10H2,1-5H3. The van der Waals surface area contributed by atoms with Crippen LogP contribution < -0.4 is 0 Å². The Morgan fingerprint density at radius 3 is 2.55 bits per heavy atom. The van der Waals surface area contributed by atoms with E-state index in [1.807, 2.05) is 0 Å². The van der Waals surface area contributed by atoms with Crippen molar-refractivity contribution in [3.8, 4) is 0 Å². The molecule has 0 aliphatic carbocycles. The summed E-state index contributed by atoms with van der Waals surface area (Å²) in [6.45, 7) is 9.58. The van der Waals surface area contributed by atoms with E-state index in [1.54, 1.807) is 6.92 Å². The van der Waals surface area contributed by atoms with Crippen LogP contribution in [0.3, 0.4) is 0 Å². The molecule has 5 heteroatoms. The van der Waals surface area contributed by atoms with Crippen molar-refractivity contribution in [3.63, 3.8) is 0 Å². The Kier molecular flexibility index (Phi) is 8.36. The van der Waals surface area contributed by atoms with Gasteiger partial charge in [0.25, 0.3) is 0 Å². The van der Waals surface area contributed by atoms with Crippen molar-refractivity contribution < 1.29 is 24.1 Å². The van der Waals surface area contributed by atoms with Crippen molar-refractivity contribution in [1.82, 2.24) is 0 Å². The summed E-state index contributed by atoms with van der Waals surface area (Å²) < 4.78 is 17.0. The molecule has 1 fully saturated rings. The molecule has 1 N–H and O–H groups in total. The van der Waals surface area contributed by atoms with Gasteiger partial charge in [0.2, 0.25) is 0 Å². The lowest BCUT2D eigenvalue weighted by molar-refractivity contribution is -0.257. The van der Waals surface area contributed by atoms with Crippen LogP contribution in [0.15, 0.2) is 0 Å². The highest BCUT2D eigenvalue weighted by Crippen LogP contribution is 2.28. The second-order valence-electron chi connectivity index (χ2n) is 6.68. The zero-order valence-electron chi connectivity index (χ0n) is 14.6. The molecule has 0 bridgehead atoms. The summed E-state index contributed by atoms with van der Waals surface area (Å²) in [5.41, 5.74) is 0. The Bertz CT molecular complexity index is 331. The molecule has 0 radical (unpaired) electrons. The van der Waals surface area contributed by atoms with E-state index in [0.717, 1.165) is 19.3 Å². The van der Waals surface area contributed by atoms with Gasteiger partial charge in [-0.05, 0) is 25.7 Å². The Labute approximate surface area is 134 Å². The maximum atomic E-state index is 10.9. The van der Waals surface area contributed by atoms with Crippen molar-refractivity contribution in [2.24, 2.45) is 5.92 Å². The molecule has 1 rings (SSSR count). The van der Waals surface area contributed by atoms with Gasteiger partial charge in [-0.15, -0.1) is 0 Å². The molecule has 0 aromatic heterocycles. The lowest BCUT2D eigenvalue weighted by Crippen LogP contribution is -2.42. The smallest absolute Gasteiger partial charge is 0.302 e. The average Bonchev–Trinajstić information content (AvgIpc) is 2.37. The number of rotatable bonds is 8. The largest absolute Gasteiger partial charge is 0.463 e. The third-order valence-electron chi connectivity index (χ3n) is 3.94. The Balaban J connectivity index is 2.49. The summed E-state index contributed by atoms with van der Waals surface area (Å²) in [7, 11) is 0. The number of aliphatic hydroxyl groups excluding tert-OH is 1. The van der Waals surface area contributed by atoms with Crippen molar-refractivity contribution in [2.45, 2.75) is 97.4 Å². The van der Waals surface area contributed by atoms with Crippen molar-refractivity contribution >= 4 is 5.97 Å². The predicted molar refractivity (Wildman–Crippen MR) is 84.4 cm³/mol. The van der Waals surface area contributed by atoms with Crippen LogP contribution >= 0.6 is 0 Å².